The molecule has 0 fully saturated rings. The molecule has 2 heterocycles. The molecule has 1 N–H and O–H groups in total. The average Bonchev–Trinajstić information content (AvgIpc) is 2.58. The maximum atomic E-state index is 11.6. The fourth-order valence-electron chi connectivity index (χ4n) is 1.36. The molecule has 2 rings (SSSR count). The van der Waals surface area contributed by atoms with Crippen molar-refractivity contribution in [2.24, 2.45) is 0 Å². The zero-order valence-corrected chi connectivity index (χ0v) is 9.76. The van der Waals surface area contributed by atoms with Crippen LogP contribution in [0, 0.1) is 6.92 Å². The highest BCUT2D eigenvalue weighted by molar-refractivity contribution is 7.17. The van der Waals surface area contributed by atoms with Gasteiger partial charge in [-0.3, -0.25) is 9.20 Å². The van der Waals surface area contributed by atoms with Gasteiger partial charge in [0.25, 0.3) is 5.91 Å². The SMILES string of the molecule is Cc1cn2cc(C(=O)NC(C)C)nc2s1. The van der Waals surface area contributed by atoms with Crippen molar-refractivity contribution < 1.29 is 4.79 Å². The summed E-state index contributed by atoms with van der Waals surface area (Å²) in [6, 6.07) is 0.138. The molecular formula is C10H13N3OS. The third kappa shape index (κ3) is 2.02. The van der Waals surface area contributed by atoms with Crippen LogP contribution in [0.1, 0.15) is 29.2 Å². The lowest BCUT2D eigenvalue weighted by molar-refractivity contribution is 0.0938. The molecule has 0 aliphatic carbocycles. The number of fused-ring (bicyclic) bond motifs is 1. The molecule has 0 saturated heterocycles. The lowest BCUT2D eigenvalue weighted by Crippen LogP contribution is -2.30. The molecule has 0 radical (unpaired) electrons. The van der Waals surface area contributed by atoms with Crippen LogP contribution in [0.15, 0.2) is 12.4 Å². The lowest BCUT2D eigenvalue weighted by atomic mass is 10.3. The van der Waals surface area contributed by atoms with Gasteiger partial charge in [-0.2, -0.15) is 0 Å². The molecule has 0 bridgehead atoms. The number of carbonyl (C=O) groups excluding carboxylic acids is 1. The molecule has 4 nitrogen and oxygen atoms in total. The Balaban J connectivity index is 2.29. The Kier molecular flexibility index (Phi) is 2.48. The van der Waals surface area contributed by atoms with Crippen molar-refractivity contribution in [2.75, 3.05) is 0 Å². The van der Waals surface area contributed by atoms with Gasteiger partial charge >= 0.3 is 0 Å². The number of imidazole rings is 1. The zero-order chi connectivity index (χ0) is 11.0. The van der Waals surface area contributed by atoms with Crippen molar-refractivity contribution in [3.63, 3.8) is 0 Å². The lowest BCUT2D eigenvalue weighted by Gasteiger charge is -2.04. The van der Waals surface area contributed by atoms with Crippen molar-refractivity contribution in [2.45, 2.75) is 26.8 Å². The van der Waals surface area contributed by atoms with Gasteiger partial charge in [-0.1, -0.05) is 0 Å². The van der Waals surface area contributed by atoms with Gasteiger partial charge in [0, 0.05) is 23.3 Å². The standard InChI is InChI=1S/C10H13N3OS/c1-6(2)11-9(14)8-5-13-4-7(3)15-10(13)12-8/h4-6H,1-3H3,(H,11,14). The van der Waals surface area contributed by atoms with Crippen LogP contribution in [0.5, 0.6) is 0 Å². The first-order valence-electron chi connectivity index (χ1n) is 4.82. The third-order valence-electron chi connectivity index (χ3n) is 1.92. The van der Waals surface area contributed by atoms with E-state index in [-0.39, 0.29) is 11.9 Å². The number of hydrogen-bond acceptors (Lipinski definition) is 3. The molecule has 5 heteroatoms. The van der Waals surface area contributed by atoms with Gasteiger partial charge in [-0.05, 0) is 20.8 Å². The first-order chi connectivity index (χ1) is 7.06. The molecule has 80 valence electrons. The molecule has 0 unspecified atom stereocenters. The van der Waals surface area contributed by atoms with E-state index in [0.29, 0.717) is 5.69 Å². The predicted octanol–water partition coefficient (Wildman–Crippen LogP) is 1.84. The molecule has 0 aliphatic rings. The van der Waals surface area contributed by atoms with Crippen LogP contribution >= 0.6 is 11.3 Å². The fourth-order valence-corrected chi connectivity index (χ4v) is 2.17. The number of nitrogens with zero attached hydrogens (tertiary/aromatic N) is 2. The number of nitrogens with one attached hydrogen (secondary N) is 1. The maximum Gasteiger partial charge on any atom is 0.271 e. The minimum atomic E-state index is -0.112. The number of hydrogen-bond donors (Lipinski definition) is 1. The first kappa shape index (κ1) is 10.2. The average molecular weight is 223 g/mol. The van der Waals surface area contributed by atoms with Gasteiger partial charge in [0.2, 0.25) is 0 Å². The summed E-state index contributed by atoms with van der Waals surface area (Å²) < 4.78 is 1.88. The first-order valence-corrected chi connectivity index (χ1v) is 5.64. The summed E-state index contributed by atoms with van der Waals surface area (Å²) in [7, 11) is 0. The van der Waals surface area contributed by atoms with E-state index < -0.39 is 0 Å². The smallest absolute Gasteiger partial charge is 0.271 e. The molecular weight excluding hydrogens is 210 g/mol. The van der Waals surface area contributed by atoms with Gasteiger partial charge in [-0.15, -0.1) is 11.3 Å². The number of thiazole rings is 1. The van der Waals surface area contributed by atoms with E-state index in [1.165, 1.54) is 4.88 Å². The minimum absolute atomic E-state index is 0.112. The number of aryl methyl sites for hydroxylation is 1. The van der Waals surface area contributed by atoms with Crippen molar-refractivity contribution in [1.82, 2.24) is 14.7 Å². The van der Waals surface area contributed by atoms with E-state index in [9.17, 15) is 4.79 Å². The van der Waals surface area contributed by atoms with Crippen molar-refractivity contribution in [3.8, 4) is 0 Å². The topological polar surface area (TPSA) is 46.4 Å². The second-order valence-corrected chi connectivity index (χ2v) is 5.00. The van der Waals surface area contributed by atoms with Gasteiger partial charge in [0.05, 0.1) is 0 Å². The largest absolute Gasteiger partial charge is 0.348 e. The van der Waals surface area contributed by atoms with E-state index in [1.807, 2.05) is 31.4 Å². The third-order valence-corrected chi connectivity index (χ3v) is 2.84. The minimum Gasteiger partial charge on any atom is -0.348 e. The van der Waals surface area contributed by atoms with Crippen molar-refractivity contribution in [1.29, 1.82) is 0 Å². The Morgan fingerprint density at radius 1 is 1.53 bits per heavy atom. The molecule has 0 aliphatic heterocycles. The Labute approximate surface area is 91.9 Å². The summed E-state index contributed by atoms with van der Waals surface area (Å²) in [5, 5.41) is 2.81. The van der Waals surface area contributed by atoms with Gasteiger partial charge in [-0.25, -0.2) is 4.98 Å². The van der Waals surface area contributed by atoms with Crippen molar-refractivity contribution >= 4 is 22.2 Å². The fraction of sp³-hybridized carbons (Fsp3) is 0.400. The molecule has 0 spiro atoms. The summed E-state index contributed by atoms with van der Waals surface area (Å²) in [5.41, 5.74) is 0.481. The van der Waals surface area contributed by atoms with E-state index in [4.69, 9.17) is 0 Å². The molecule has 0 saturated carbocycles. The molecule has 0 atom stereocenters. The number of rotatable bonds is 2. The molecule has 2 aromatic heterocycles. The van der Waals surface area contributed by atoms with Crippen LogP contribution in [-0.4, -0.2) is 21.3 Å². The molecule has 0 aromatic carbocycles. The number of amides is 1. The second kappa shape index (κ2) is 3.66. The summed E-state index contributed by atoms with van der Waals surface area (Å²) >= 11 is 1.58. The predicted molar refractivity (Wildman–Crippen MR) is 60.4 cm³/mol. The van der Waals surface area contributed by atoms with E-state index >= 15 is 0 Å². The highest BCUT2D eigenvalue weighted by atomic mass is 32.1. The van der Waals surface area contributed by atoms with E-state index in [2.05, 4.69) is 10.3 Å². The Hall–Kier alpha value is -1.36. The van der Waals surface area contributed by atoms with Crippen LogP contribution in [0.2, 0.25) is 0 Å². The van der Waals surface area contributed by atoms with Crippen LogP contribution in [0.3, 0.4) is 0 Å². The maximum absolute atomic E-state index is 11.6. The summed E-state index contributed by atoms with van der Waals surface area (Å²) in [4.78, 5) is 17.9. The van der Waals surface area contributed by atoms with Gasteiger partial charge < -0.3 is 5.32 Å². The Morgan fingerprint density at radius 3 is 2.87 bits per heavy atom. The van der Waals surface area contributed by atoms with Crippen molar-refractivity contribution in [3.05, 3.63) is 23.0 Å². The summed E-state index contributed by atoms with van der Waals surface area (Å²) in [6.45, 7) is 5.88. The molecule has 15 heavy (non-hydrogen) atoms. The monoisotopic (exact) mass is 223 g/mol. The van der Waals surface area contributed by atoms with Crippen LogP contribution in [0.4, 0.5) is 0 Å². The Bertz CT molecular complexity index is 466. The van der Waals surface area contributed by atoms with Crippen LogP contribution in [-0.2, 0) is 0 Å². The highest BCUT2D eigenvalue weighted by Gasteiger charge is 2.12. The summed E-state index contributed by atoms with van der Waals surface area (Å²) in [5.74, 6) is -0.112. The molecule has 2 aromatic rings. The number of carbonyl (C=O) groups is 1. The molecule has 1 amide bonds. The summed E-state index contributed by atoms with van der Waals surface area (Å²) in [6.07, 6.45) is 3.73. The van der Waals surface area contributed by atoms with E-state index in [0.717, 1.165) is 4.96 Å². The van der Waals surface area contributed by atoms with Gasteiger partial charge in [0.1, 0.15) is 5.69 Å². The zero-order valence-electron chi connectivity index (χ0n) is 8.94. The van der Waals surface area contributed by atoms with Crippen LogP contribution in [0.25, 0.3) is 4.96 Å². The van der Waals surface area contributed by atoms with Gasteiger partial charge in [0.15, 0.2) is 4.96 Å². The number of aromatic nitrogens is 2. The normalized spacial score (nSPS) is 11.2. The quantitative estimate of drug-likeness (QED) is 0.844. The Morgan fingerprint density at radius 2 is 2.27 bits per heavy atom. The van der Waals surface area contributed by atoms with E-state index in [1.54, 1.807) is 17.5 Å². The second-order valence-electron chi connectivity index (χ2n) is 3.79. The van der Waals surface area contributed by atoms with Crippen LogP contribution < -0.4 is 5.32 Å². The highest BCUT2D eigenvalue weighted by Crippen LogP contribution is 2.16.